The molecular formula is C14H21NO2. The van der Waals surface area contributed by atoms with Crippen molar-refractivity contribution in [3.05, 3.63) is 29.3 Å². The van der Waals surface area contributed by atoms with Crippen molar-refractivity contribution in [3.63, 3.8) is 0 Å². The van der Waals surface area contributed by atoms with Gasteiger partial charge in [0.1, 0.15) is 0 Å². The van der Waals surface area contributed by atoms with Gasteiger partial charge in [-0.1, -0.05) is 32.0 Å². The van der Waals surface area contributed by atoms with E-state index in [0.717, 1.165) is 29.7 Å². The zero-order valence-corrected chi connectivity index (χ0v) is 11.0. The lowest BCUT2D eigenvalue weighted by Gasteiger charge is -2.15. The molecule has 0 heterocycles. The molecule has 1 aromatic carbocycles. The van der Waals surface area contributed by atoms with E-state index in [1.54, 1.807) is 0 Å². The van der Waals surface area contributed by atoms with Crippen molar-refractivity contribution in [2.75, 3.05) is 5.32 Å². The van der Waals surface area contributed by atoms with E-state index >= 15 is 0 Å². The molecule has 1 aromatic rings. The van der Waals surface area contributed by atoms with Crippen molar-refractivity contribution in [1.29, 1.82) is 0 Å². The van der Waals surface area contributed by atoms with Crippen LogP contribution >= 0.6 is 0 Å². The van der Waals surface area contributed by atoms with Crippen molar-refractivity contribution in [2.45, 2.75) is 46.6 Å². The number of carbonyl (C=O) groups excluding carboxylic acids is 1. The molecule has 0 atom stereocenters. The monoisotopic (exact) mass is 235 g/mol. The van der Waals surface area contributed by atoms with E-state index < -0.39 is 0 Å². The Balaban J connectivity index is 2.91. The van der Waals surface area contributed by atoms with Crippen LogP contribution in [-0.4, -0.2) is 12.2 Å². The quantitative estimate of drug-likeness (QED) is 0.862. The summed E-state index contributed by atoms with van der Waals surface area (Å²) in [7, 11) is 0. The molecule has 0 saturated heterocycles. The molecule has 0 aliphatic carbocycles. The molecule has 1 N–H and O–H groups in total. The largest absolute Gasteiger partial charge is 0.447 e. The van der Waals surface area contributed by atoms with Crippen molar-refractivity contribution < 1.29 is 9.53 Å². The molecule has 0 aromatic heterocycles. The summed E-state index contributed by atoms with van der Waals surface area (Å²) in [5.41, 5.74) is 3.19. The van der Waals surface area contributed by atoms with Gasteiger partial charge in [0.25, 0.3) is 0 Å². The fourth-order valence-electron chi connectivity index (χ4n) is 1.75. The summed E-state index contributed by atoms with van der Waals surface area (Å²) in [6.07, 6.45) is 1.31. The van der Waals surface area contributed by atoms with Crippen LogP contribution in [0.25, 0.3) is 0 Å². The molecule has 3 nitrogen and oxygen atoms in total. The van der Waals surface area contributed by atoms with Crippen LogP contribution in [-0.2, 0) is 17.6 Å². The highest BCUT2D eigenvalue weighted by Crippen LogP contribution is 2.22. The minimum atomic E-state index is -0.379. The Morgan fingerprint density at radius 2 is 1.76 bits per heavy atom. The van der Waals surface area contributed by atoms with E-state index in [0.29, 0.717) is 0 Å². The Hall–Kier alpha value is -1.51. The molecule has 0 unspecified atom stereocenters. The lowest BCUT2D eigenvalue weighted by atomic mass is 10.0. The van der Waals surface area contributed by atoms with Crippen molar-refractivity contribution in [2.24, 2.45) is 0 Å². The van der Waals surface area contributed by atoms with E-state index in [-0.39, 0.29) is 12.2 Å². The smallest absolute Gasteiger partial charge is 0.411 e. The zero-order chi connectivity index (χ0) is 12.8. The van der Waals surface area contributed by atoms with Crippen molar-refractivity contribution >= 4 is 11.8 Å². The van der Waals surface area contributed by atoms with E-state index in [1.165, 1.54) is 0 Å². The average Bonchev–Trinajstić information content (AvgIpc) is 2.28. The van der Waals surface area contributed by atoms with Gasteiger partial charge in [-0.05, 0) is 37.8 Å². The van der Waals surface area contributed by atoms with Crippen LogP contribution in [0.2, 0.25) is 0 Å². The molecule has 0 radical (unpaired) electrons. The maximum atomic E-state index is 11.6. The predicted octanol–water partition coefficient (Wildman–Crippen LogP) is 3.77. The molecule has 0 aliphatic heterocycles. The number of hydrogen-bond acceptors (Lipinski definition) is 2. The topological polar surface area (TPSA) is 38.3 Å². The van der Waals surface area contributed by atoms with Crippen LogP contribution in [0.3, 0.4) is 0 Å². The SMILES string of the molecule is CCc1cccc(CC)c1NC(=O)OC(C)C. The van der Waals surface area contributed by atoms with Crippen molar-refractivity contribution in [3.8, 4) is 0 Å². The fraction of sp³-hybridized carbons (Fsp3) is 0.500. The lowest BCUT2D eigenvalue weighted by Crippen LogP contribution is -2.19. The van der Waals surface area contributed by atoms with Gasteiger partial charge in [-0.15, -0.1) is 0 Å². The summed E-state index contributed by atoms with van der Waals surface area (Å²) in [5, 5.41) is 2.85. The number of hydrogen-bond donors (Lipinski definition) is 1. The predicted molar refractivity (Wildman–Crippen MR) is 70.4 cm³/mol. The van der Waals surface area contributed by atoms with E-state index in [4.69, 9.17) is 4.74 Å². The highest BCUT2D eigenvalue weighted by Gasteiger charge is 2.11. The summed E-state index contributed by atoms with van der Waals surface area (Å²) in [6.45, 7) is 7.83. The zero-order valence-electron chi connectivity index (χ0n) is 11.0. The number of carbonyl (C=O) groups is 1. The molecule has 0 aliphatic rings. The van der Waals surface area contributed by atoms with Crippen LogP contribution in [0.4, 0.5) is 10.5 Å². The van der Waals surface area contributed by atoms with E-state index in [2.05, 4.69) is 19.2 Å². The van der Waals surface area contributed by atoms with Crippen molar-refractivity contribution in [1.82, 2.24) is 0 Å². The number of benzene rings is 1. The van der Waals surface area contributed by atoms with Gasteiger partial charge in [-0.3, -0.25) is 5.32 Å². The van der Waals surface area contributed by atoms with E-state index in [9.17, 15) is 4.79 Å². The van der Waals surface area contributed by atoms with Gasteiger partial charge in [0.15, 0.2) is 0 Å². The summed E-state index contributed by atoms with van der Waals surface area (Å²) < 4.78 is 5.10. The van der Waals surface area contributed by atoms with Gasteiger partial charge in [-0.25, -0.2) is 4.79 Å². The standard InChI is InChI=1S/C14H21NO2/c1-5-11-8-7-9-12(6-2)13(11)15-14(16)17-10(3)4/h7-10H,5-6H2,1-4H3,(H,15,16). The minimum Gasteiger partial charge on any atom is -0.447 e. The first-order chi connectivity index (χ1) is 8.08. The minimum absolute atomic E-state index is 0.103. The van der Waals surface area contributed by atoms with Crippen LogP contribution < -0.4 is 5.32 Å². The van der Waals surface area contributed by atoms with Gasteiger partial charge >= 0.3 is 6.09 Å². The number of aryl methyl sites for hydroxylation is 2. The third-order valence-electron chi connectivity index (χ3n) is 2.57. The number of nitrogens with one attached hydrogen (secondary N) is 1. The van der Waals surface area contributed by atoms with Crippen LogP contribution in [0.5, 0.6) is 0 Å². The van der Waals surface area contributed by atoms with Gasteiger partial charge in [-0.2, -0.15) is 0 Å². The third-order valence-corrected chi connectivity index (χ3v) is 2.57. The molecule has 0 bridgehead atoms. The molecule has 1 amide bonds. The highest BCUT2D eigenvalue weighted by molar-refractivity contribution is 5.87. The van der Waals surface area contributed by atoms with Gasteiger partial charge in [0.2, 0.25) is 0 Å². The van der Waals surface area contributed by atoms with Gasteiger partial charge in [0.05, 0.1) is 11.8 Å². The Kier molecular flexibility index (Phi) is 5.01. The second-order valence-corrected chi connectivity index (χ2v) is 4.24. The molecule has 17 heavy (non-hydrogen) atoms. The summed E-state index contributed by atoms with van der Waals surface area (Å²) >= 11 is 0. The summed E-state index contributed by atoms with van der Waals surface area (Å²) in [6, 6.07) is 6.09. The summed E-state index contributed by atoms with van der Waals surface area (Å²) in [4.78, 5) is 11.6. The molecule has 0 saturated carbocycles. The van der Waals surface area contributed by atoms with E-state index in [1.807, 2.05) is 32.0 Å². The fourth-order valence-corrected chi connectivity index (χ4v) is 1.75. The Labute approximate surface area is 103 Å². The second kappa shape index (κ2) is 6.28. The lowest BCUT2D eigenvalue weighted by molar-refractivity contribution is 0.130. The molecule has 3 heteroatoms. The van der Waals surface area contributed by atoms with Gasteiger partial charge < -0.3 is 4.74 Å². The maximum absolute atomic E-state index is 11.6. The van der Waals surface area contributed by atoms with Gasteiger partial charge in [0, 0.05) is 0 Å². The Bertz CT molecular complexity index is 364. The third kappa shape index (κ3) is 3.77. The number of anilines is 1. The first-order valence-corrected chi connectivity index (χ1v) is 6.16. The molecular weight excluding hydrogens is 214 g/mol. The molecule has 1 rings (SSSR count). The normalized spacial score (nSPS) is 10.4. The maximum Gasteiger partial charge on any atom is 0.411 e. The van der Waals surface area contributed by atoms with Crippen LogP contribution in [0.15, 0.2) is 18.2 Å². The Morgan fingerprint density at radius 1 is 1.24 bits per heavy atom. The Morgan fingerprint density at radius 3 is 2.18 bits per heavy atom. The number of amides is 1. The average molecular weight is 235 g/mol. The number of rotatable bonds is 4. The highest BCUT2D eigenvalue weighted by atomic mass is 16.6. The molecule has 0 spiro atoms. The second-order valence-electron chi connectivity index (χ2n) is 4.24. The molecule has 94 valence electrons. The summed E-state index contributed by atoms with van der Waals surface area (Å²) in [5.74, 6) is 0. The molecule has 0 fully saturated rings. The number of ether oxygens (including phenoxy) is 1. The van der Waals surface area contributed by atoms with Crippen LogP contribution in [0.1, 0.15) is 38.8 Å². The first kappa shape index (κ1) is 13.6. The first-order valence-electron chi connectivity index (χ1n) is 6.16. The van der Waals surface area contributed by atoms with Crippen LogP contribution in [0, 0.1) is 0 Å². The number of para-hydroxylation sites is 1.